The lowest BCUT2D eigenvalue weighted by molar-refractivity contribution is -0.138. The van der Waals surface area contributed by atoms with Gasteiger partial charge in [0.25, 0.3) is 23.6 Å². The van der Waals surface area contributed by atoms with Crippen molar-refractivity contribution in [3.8, 4) is 0 Å². The number of amides is 8. The van der Waals surface area contributed by atoms with Crippen LogP contribution in [0.5, 0.6) is 0 Å². The zero-order chi connectivity index (χ0) is 44.8. The molecule has 0 spiro atoms. The summed E-state index contributed by atoms with van der Waals surface area (Å²) in [6, 6.07) is -0.234. The second-order valence-electron chi connectivity index (χ2n) is 18.0. The highest BCUT2D eigenvalue weighted by molar-refractivity contribution is 6.13. The van der Waals surface area contributed by atoms with Crippen LogP contribution in [-0.2, 0) is 38.1 Å². The highest BCUT2D eigenvalue weighted by atomic mass is 16.6. The second-order valence-corrected chi connectivity index (χ2v) is 18.0. The lowest BCUT2D eigenvalue weighted by atomic mass is 9.68. The molecule has 18 nitrogen and oxygen atoms in total. The topological polar surface area (TPSA) is 228 Å². The van der Waals surface area contributed by atoms with Crippen molar-refractivity contribution in [1.29, 1.82) is 0 Å². The summed E-state index contributed by atoms with van der Waals surface area (Å²) >= 11 is 0. The molecule has 5 rings (SSSR count). The van der Waals surface area contributed by atoms with E-state index in [0.717, 1.165) is 80.4 Å². The first-order valence-electron chi connectivity index (χ1n) is 22.5. The van der Waals surface area contributed by atoms with Gasteiger partial charge >= 0.3 is 24.4 Å². The van der Waals surface area contributed by atoms with E-state index in [1.54, 1.807) is 0 Å². The lowest BCUT2D eigenvalue weighted by Crippen LogP contribution is -2.59. The number of carbonyl (C=O) groups excluding carboxylic acids is 8. The predicted molar refractivity (Wildman–Crippen MR) is 224 cm³/mol. The summed E-state index contributed by atoms with van der Waals surface area (Å²) in [7, 11) is 0. The quantitative estimate of drug-likeness (QED) is 0.148. The van der Waals surface area contributed by atoms with Crippen LogP contribution in [0.4, 0.5) is 19.2 Å². The Morgan fingerprint density at radius 2 is 1.08 bits per heavy atom. The number of rotatable bonds is 12. The van der Waals surface area contributed by atoms with Gasteiger partial charge in [-0.25, -0.2) is 19.2 Å². The van der Waals surface area contributed by atoms with Gasteiger partial charge in [-0.05, 0) is 121 Å². The highest BCUT2D eigenvalue weighted by Crippen LogP contribution is 2.37. The van der Waals surface area contributed by atoms with Crippen LogP contribution in [0.1, 0.15) is 124 Å². The van der Waals surface area contributed by atoms with Crippen LogP contribution >= 0.6 is 0 Å². The van der Waals surface area contributed by atoms with Gasteiger partial charge in [0.1, 0.15) is 25.4 Å². The van der Waals surface area contributed by atoms with Gasteiger partial charge in [0.15, 0.2) is 0 Å². The molecule has 0 aromatic carbocycles. The molecule has 0 aromatic rings. The van der Waals surface area contributed by atoms with Crippen LogP contribution in [0, 0.1) is 17.8 Å². The van der Waals surface area contributed by atoms with E-state index in [2.05, 4.69) is 28.2 Å². The van der Waals surface area contributed by atoms with Gasteiger partial charge in [0.2, 0.25) is 0 Å². The van der Waals surface area contributed by atoms with Gasteiger partial charge in [-0.15, -0.1) is 0 Å². The molecule has 8 amide bonds. The van der Waals surface area contributed by atoms with E-state index in [9.17, 15) is 38.4 Å². The summed E-state index contributed by atoms with van der Waals surface area (Å²) in [6.45, 7) is 7.94. The molecule has 0 saturated heterocycles. The third-order valence-electron chi connectivity index (χ3n) is 13.1. The Morgan fingerprint density at radius 1 is 0.597 bits per heavy atom. The van der Waals surface area contributed by atoms with Crippen LogP contribution in [-0.4, -0.2) is 120 Å². The fourth-order valence-corrected chi connectivity index (χ4v) is 9.26. The largest absolute Gasteiger partial charge is 0.448 e. The third kappa shape index (κ3) is 14.5. The molecule has 2 aliphatic heterocycles. The molecule has 0 radical (unpaired) electrons. The molecule has 18 heteroatoms. The number of hydrogen-bond donors (Lipinski definition) is 4. The number of ether oxygens (including phenoxy) is 4. The van der Waals surface area contributed by atoms with E-state index in [1.807, 2.05) is 20.8 Å². The molecular formula is C44H66N6O12. The molecule has 7 atom stereocenters. The molecule has 2 heterocycles. The van der Waals surface area contributed by atoms with Crippen LogP contribution in [0.3, 0.4) is 0 Å². The van der Waals surface area contributed by atoms with E-state index in [0.29, 0.717) is 25.7 Å². The second kappa shape index (κ2) is 22.8. The van der Waals surface area contributed by atoms with Gasteiger partial charge in [-0.1, -0.05) is 20.8 Å². The van der Waals surface area contributed by atoms with Crippen LogP contribution < -0.4 is 21.3 Å². The minimum absolute atomic E-state index is 0.000817. The van der Waals surface area contributed by atoms with Gasteiger partial charge in [0, 0.05) is 48.0 Å². The first-order chi connectivity index (χ1) is 29.6. The van der Waals surface area contributed by atoms with Crippen molar-refractivity contribution in [3.05, 3.63) is 24.3 Å². The van der Waals surface area contributed by atoms with E-state index in [4.69, 9.17) is 18.9 Å². The van der Waals surface area contributed by atoms with E-state index < -0.39 is 53.5 Å². The standard InChI is InChI=1S/C44H66N6O12/c1-28-15-16-33(61-41(56)46-32-11-7-9-31(10-8-12-32)45-40(55)59-23-21-49-36(51)17-18-37(49)52)13-5-6-14-34(25-28)62-42(57)47-35-26-30(3)44(4,27-29(35)2)48-43(58)60-24-22-50-38(53)19-20-39(50)54/h17-20,28-35H,5-16,21-27H2,1-4H3,(H,45,55)(H,46,56)(H,47,57)(H,48,58). The van der Waals surface area contributed by atoms with Gasteiger partial charge in [0.05, 0.1) is 13.1 Å². The summed E-state index contributed by atoms with van der Waals surface area (Å²) in [6.07, 6.45) is 13.4. The molecular weight excluding hydrogens is 805 g/mol. The van der Waals surface area contributed by atoms with E-state index in [1.165, 1.54) is 24.3 Å². The highest BCUT2D eigenvalue weighted by Gasteiger charge is 2.43. The Morgan fingerprint density at radius 3 is 1.65 bits per heavy atom. The summed E-state index contributed by atoms with van der Waals surface area (Å²) in [5.74, 6) is -1.42. The van der Waals surface area contributed by atoms with Crippen molar-refractivity contribution < 1.29 is 57.3 Å². The Bertz CT molecular complexity index is 1660. The molecule has 7 unspecified atom stereocenters. The number of nitrogens with one attached hydrogen (secondary N) is 4. The van der Waals surface area contributed by atoms with Gasteiger partial charge in [-0.2, -0.15) is 0 Å². The van der Waals surface area contributed by atoms with Crippen molar-refractivity contribution in [3.63, 3.8) is 0 Å². The molecule has 3 saturated carbocycles. The van der Waals surface area contributed by atoms with Gasteiger partial charge in [-0.3, -0.25) is 29.0 Å². The minimum Gasteiger partial charge on any atom is -0.448 e. The number of alkyl carbamates (subject to hydrolysis) is 4. The maximum Gasteiger partial charge on any atom is 0.407 e. The SMILES string of the molecule is CC1CCC(OC(=O)NC2CCCC(NC(=O)OCCN3C(=O)C=CC3=O)CCC2)CCCCC(OC(=O)NC2CC(C)C(C)(NC(=O)OCCN3C(=O)C=CC3=O)CC2C)C1. The molecule has 0 aromatic heterocycles. The van der Waals surface area contributed by atoms with Crippen molar-refractivity contribution in [2.45, 2.75) is 160 Å². The van der Waals surface area contributed by atoms with Gasteiger partial charge < -0.3 is 40.2 Å². The van der Waals surface area contributed by atoms with Crippen molar-refractivity contribution in [1.82, 2.24) is 31.1 Å². The van der Waals surface area contributed by atoms with E-state index >= 15 is 0 Å². The minimum atomic E-state index is -0.625. The summed E-state index contributed by atoms with van der Waals surface area (Å²) in [5.41, 5.74) is -0.589. The molecule has 0 bridgehead atoms. The smallest absolute Gasteiger partial charge is 0.407 e. The zero-order valence-electron chi connectivity index (χ0n) is 36.7. The molecule has 4 N–H and O–H groups in total. The third-order valence-corrected chi connectivity index (χ3v) is 13.1. The molecule has 344 valence electrons. The molecule has 5 aliphatic rings. The fourth-order valence-electron chi connectivity index (χ4n) is 9.26. The number of nitrogens with zero attached hydrogens (tertiary/aromatic N) is 2. The van der Waals surface area contributed by atoms with Crippen molar-refractivity contribution in [2.75, 3.05) is 26.3 Å². The predicted octanol–water partition coefficient (Wildman–Crippen LogP) is 5.14. The average Bonchev–Trinajstić information content (AvgIpc) is 3.69. The van der Waals surface area contributed by atoms with Crippen LogP contribution in [0.15, 0.2) is 24.3 Å². The molecule has 3 aliphatic carbocycles. The monoisotopic (exact) mass is 870 g/mol. The lowest BCUT2D eigenvalue weighted by Gasteiger charge is -2.46. The van der Waals surface area contributed by atoms with Crippen LogP contribution in [0.2, 0.25) is 0 Å². The normalized spacial score (nSPS) is 30.8. The van der Waals surface area contributed by atoms with Crippen molar-refractivity contribution >= 4 is 48.0 Å². The fraction of sp³-hybridized carbons (Fsp3) is 0.727. The first-order valence-corrected chi connectivity index (χ1v) is 22.5. The number of hydrogen-bond acceptors (Lipinski definition) is 12. The Labute approximate surface area is 363 Å². The zero-order valence-corrected chi connectivity index (χ0v) is 36.7. The number of carbonyl (C=O) groups is 8. The van der Waals surface area contributed by atoms with Crippen LogP contribution in [0.25, 0.3) is 0 Å². The number of imide groups is 2. The summed E-state index contributed by atoms with van der Waals surface area (Å²) < 4.78 is 22.5. The van der Waals surface area contributed by atoms with E-state index in [-0.39, 0.29) is 74.4 Å². The Hall–Kier alpha value is -5.16. The maximum absolute atomic E-state index is 13.2. The summed E-state index contributed by atoms with van der Waals surface area (Å²) in [4.78, 5) is 100. The molecule has 62 heavy (non-hydrogen) atoms. The maximum atomic E-state index is 13.2. The summed E-state index contributed by atoms with van der Waals surface area (Å²) in [5, 5.41) is 12.0. The molecule has 3 fully saturated rings. The first kappa shape index (κ1) is 47.9. The Kier molecular flexibility index (Phi) is 17.6. The average molecular weight is 871 g/mol. The van der Waals surface area contributed by atoms with Crippen molar-refractivity contribution in [2.24, 2.45) is 17.8 Å². The Balaban J connectivity index is 0.951.